The third kappa shape index (κ3) is 1.02. The quantitative estimate of drug-likeness (QED) is 0.637. The van der Waals surface area contributed by atoms with Crippen LogP contribution in [0.25, 0.3) is 0 Å². The largest absolute Gasteiger partial charge is 0.353 e. The predicted molar refractivity (Wildman–Crippen MR) is 73.0 cm³/mol. The van der Waals surface area contributed by atoms with Crippen LogP contribution in [0.4, 0.5) is 0 Å². The van der Waals surface area contributed by atoms with Gasteiger partial charge in [-0.1, -0.05) is 24.3 Å². The first kappa shape index (κ1) is 11.5. The van der Waals surface area contributed by atoms with Gasteiger partial charge in [-0.25, -0.2) is 0 Å². The lowest BCUT2D eigenvalue weighted by Crippen LogP contribution is -2.69. The van der Waals surface area contributed by atoms with E-state index in [2.05, 4.69) is 38.2 Å². The molecule has 4 bridgehead atoms. The fourth-order valence-electron chi connectivity index (χ4n) is 3.49. The number of hydrogen-bond acceptors (Lipinski definition) is 2. The minimum atomic E-state index is -0.294. The number of rotatable bonds is 0. The summed E-state index contributed by atoms with van der Waals surface area (Å²) in [6.07, 6.45) is 8.68. The van der Waals surface area contributed by atoms with Gasteiger partial charge in [0, 0.05) is 14.1 Å². The molecule has 6 aliphatic rings. The smallest absolute Gasteiger partial charge is 0.106 e. The van der Waals surface area contributed by atoms with E-state index in [-0.39, 0.29) is 22.9 Å². The SMILES string of the molecule is CN1C(=N)C2C=CC1(C)C1C=CC2(C)N(C)C1=N. The van der Waals surface area contributed by atoms with Gasteiger partial charge in [0.2, 0.25) is 0 Å². The molecule has 0 aromatic heterocycles. The monoisotopic (exact) mass is 244 g/mol. The average molecular weight is 244 g/mol. The van der Waals surface area contributed by atoms with Gasteiger partial charge in [0.05, 0.1) is 22.9 Å². The molecule has 2 N–H and O–H groups in total. The summed E-state index contributed by atoms with van der Waals surface area (Å²) < 4.78 is 0. The molecule has 18 heavy (non-hydrogen) atoms. The van der Waals surface area contributed by atoms with Crippen LogP contribution in [-0.2, 0) is 0 Å². The van der Waals surface area contributed by atoms with Gasteiger partial charge in [0.25, 0.3) is 0 Å². The highest BCUT2D eigenvalue weighted by Gasteiger charge is 2.54. The Kier molecular flexibility index (Phi) is 1.95. The molecular weight excluding hydrogens is 224 g/mol. The molecule has 6 rings (SSSR count). The second-order valence-corrected chi connectivity index (χ2v) is 6.01. The Morgan fingerprint density at radius 1 is 0.889 bits per heavy atom. The Labute approximate surface area is 108 Å². The first-order valence-corrected chi connectivity index (χ1v) is 6.35. The predicted octanol–water partition coefficient (Wildman–Crippen LogP) is 1.71. The molecule has 4 nitrogen and oxygen atoms in total. The maximum absolute atomic E-state index is 8.42. The number of hydrogen-bond donors (Lipinski definition) is 2. The number of amidine groups is 2. The van der Waals surface area contributed by atoms with E-state index in [4.69, 9.17) is 10.8 Å². The van der Waals surface area contributed by atoms with Crippen LogP contribution >= 0.6 is 0 Å². The van der Waals surface area contributed by atoms with E-state index in [1.54, 1.807) is 0 Å². The summed E-state index contributed by atoms with van der Waals surface area (Å²) in [5.74, 6) is 1.32. The molecule has 0 spiro atoms. The van der Waals surface area contributed by atoms with Crippen molar-refractivity contribution >= 4 is 11.7 Å². The van der Waals surface area contributed by atoms with Crippen molar-refractivity contribution in [2.45, 2.75) is 24.9 Å². The van der Waals surface area contributed by atoms with Crippen molar-refractivity contribution in [3.05, 3.63) is 24.3 Å². The zero-order valence-corrected chi connectivity index (χ0v) is 11.4. The van der Waals surface area contributed by atoms with E-state index in [0.717, 1.165) is 0 Å². The standard InChI is InChI=1S/C14H20N4/c1-13-7-5-10(12(16)17(13)3)14(2)8-6-9(13)11(15)18(14)4/h5-10,15-16H,1-4H3. The lowest BCUT2D eigenvalue weighted by molar-refractivity contribution is 0.146. The minimum Gasteiger partial charge on any atom is -0.353 e. The molecule has 4 unspecified atom stereocenters. The van der Waals surface area contributed by atoms with Crippen molar-refractivity contribution in [3.63, 3.8) is 0 Å². The molecule has 0 radical (unpaired) electrons. The van der Waals surface area contributed by atoms with Crippen LogP contribution in [0, 0.1) is 22.7 Å². The Bertz CT molecular complexity index is 460. The lowest BCUT2D eigenvalue weighted by atomic mass is 9.66. The van der Waals surface area contributed by atoms with Gasteiger partial charge in [0.1, 0.15) is 11.7 Å². The molecule has 4 heteroatoms. The third-order valence-corrected chi connectivity index (χ3v) is 5.27. The van der Waals surface area contributed by atoms with Crippen molar-refractivity contribution in [3.8, 4) is 0 Å². The lowest BCUT2D eigenvalue weighted by Gasteiger charge is -2.59. The molecule has 0 saturated carbocycles. The molecule has 0 aromatic rings. The molecule has 1 saturated heterocycles. The average Bonchev–Trinajstić information content (AvgIpc) is 2.32. The molecule has 0 aromatic carbocycles. The van der Waals surface area contributed by atoms with Gasteiger partial charge in [0.15, 0.2) is 0 Å². The number of likely N-dealkylation sites (N-methyl/N-ethyl adjacent to an activating group) is 2. The van der Waals surface area contributed by atoms with Gasteiger partial charge >= 0.3 is 0 Å². The first-order chi connectivity index (χ1) is 8.32. The fourth-order valence-corrected chi connectivity index (χ4v) is 3.49. The highest BCUT2D eigenvalue weighted by molar-refractivity contribution is 5.95. The molecule has 1 fully saturated rings. The maximum Gasteiger partial charge on any atom is 0.106 e. The molecular formula is C14H20N4. The highest BCUT2D eigenvalue weighted by Crippen LogP contribution is 2.46. The van der Waals surface area contributed by atoms with Gasteiger partial charge in [-0.3, -0.25) is 10.8 Å². The van der Waals surface area contributed by atoms with Gasteiger partial charge < -0.3 is 9.80 Å². The summed E-state index contributed by atoms with van der Waals surface area (Å²) >= 11 is 0. The van der Waals surface area contributed by atoms with E-state index < -0.39 is 0 Å². The van der Waals surface area contributed by atoms with Crippen LogP contribution < -0.4 is 0 Å². The zero-order valence-electron chi connectivity index (χ0n) is 11.4. The van der Waals surface area contributed by atoms with Crippen molar-refractivity contribution in [2.75, 3.05) is 14.1 Å². The minimum absolute atomic E-state index is 0.0124. The summed E-state index contributed by atoms with van der Waals surface area (Å²) in [6, 6.07) is 0. The Morgan fingerprint density at radius 2 is 1.22 bits per heavy atom. The zero-order chi connectivity index (χ0) is 13.3. The van der Waals surface area contributed by atoms with Crippen LogP contribution in [0.15, 0.2) is 24.3 Å². The van der Waals surface area contributed by atoms with E-state index in [9.17, 15) is 0 Å². The van der Waals surface area contributed by atoms with Crippen LogP contribution in [0.5, 0.6) is 0 Å². The van der Waals surface area contributed by atoms with E-state index >= 15 is 0 Å². The molecule has 1 aliphatic carbocycles. The number of nitrogens with zero attached hydrogens (tertiary/aromatic N) is 2. The summed E-state index contributed by atoms with van der Waals surface area (Å²) in [5.41, 5.74) is -0.589. The third-order valence-electron chi connectivity index (χ3n) is 5.27. The van der Waals surface area contributed by atoms with Crippen LogP contribution in [0.2, 0.25) is 0 Å². The Hall–Kier alpha value is -1.58. The van der Waals surface area contributed by atoms with Crippen molar-refractivity contribution in [2.24, 2.45) is 11.8 Å². The highest BCUT2D eigenvalue weighted by atomic mass is 15.3. The van der Waals surface area contributed by atoms with Gasteiger partial charge in [-0.05, 0) is 13.8 Å². The summed E-state index contributed by atoms with van der Waals surface area (Å²) in [7, 11) is 3.95. The summed E-state index contributed by atoms with van der Waals surface area (Å²) in [4.78, 5) is 4.07. The van der Waals surface area contributed by atoms with Gasteiger partial charge in [-0.2, -0.15) is 0 Å². The molecule has 96 valence electrons. The van der Waals surface area contributed by atoms with E-state index in [1.165, 1.54) is 0 Å². The molecule has 5 aliphatic heterocycles. The van der Waals surface area contributed by atoms with E-state index in [1.807, 2.05) is 23.9 Å². The first-order valence-electron chi connectivity index (χ1n) is 6.35. The second kappa shape index (κ2) is 3.05. The Balaban J connectivity index is 2.30. The van der Waals surface area contributed by atoms with Gasteiger partial charge in [-0.15, -0.1) is 0 Å². The topological polar surface area (TPSA) is 54.2 Å². The normalized spacial score (nSPS) is 45.8. The van der Waals surface area contributed by atoms with Crippen molar-refractivity contribution < 1.29 is 0 Å². The molecule has 0 amide bonds. The maximum atomic E-state index is 8.42. The molecule has 4 atom stereocenters. The molecule has 5 heterocycles. The summed E-state index contributed by atoms with van der Waals surface area (Å²) in [6.45, 7) is 4.22. The van der Waals surface area contributed by atoms with Crippen LogP contribution in [0.1, 0.15) is 13.8 Å². The Morgan fingerprint density at radius 3 is 1.56 bits per heavy atom. The van der Waals surface area contributed by atoms with Crippen molar-refractivity contribution in [1.29, 1.82) is 10.8 Å². The fraction of sp³-hybridized carbons (Fsp3) is 0.571. The van der Waals surface area contributed by atoms with Crippen LogP contribution in [0.3, 0.4) is 0 Å². The second-order valence-electron chi connectivity index (χ2n) is 6.01. The summed E-state index contributed by atoms with van der Waals surface area (Å²) in [5, 5.41) is 16.8. The van der Waals surface area contributed by atoms with Crippen LogP contribution in [-0.4, -0.2) is 46.6 Å². The van der Waals surface area contributed by atoms with Crippen molar-refractivity contribution in [1.82, 2.24) is 9.80 Å². The van der Waals surface area contributed by atoms with E-state index in [0.29, 0.717) is 11.7 Å². The number of nitrogens with one attached hydrogen (secondary N) is 2.